The molecule has 2 saturated heterocycles. The number of carbonyl (C=O) groups is 4. The molecule has 2 aliphatic carbocycles. The van der Waals surface area contributed by atoms with Crippen molar-refractivity contribution >= 4 is 40.9 Å². The van der Waals surface area contributed by atoms with Gasteiger partial charge in [-0.25, -0.2) is 9.29 Å². The maximum absolute atomic E-state index is 14.6. The van der Waals surface area contributed by atoms with Crippen LogP contribution in [0.2, 0.25) is 5.02 Å². The Morgan fingerprint density at radius 3 is 2.45 bits per heavy atom. The Morgan fingerprint density at radius 2 is 1.74 bits per heavy atom. The van der Waals surface area contributed by atoms with Crippen molar-refractivity contribution < 1.29 is 33.4 Å². The molecule has 4 amide bonds. The Morgan fingerprint density at radius 1 is 0.979 bits per heavy atom. The Labute approximate surface area is 276 Å². The molecule has 47 heavy (non-hydrogen) atoms. The minimum atomic E-state index is -1.37. The van der Waals surface area contributed by atoms with Crippen molar-refractivity contribution in [3.8, 4) is 11.5 Å². The summed E-state index contributed by atoms with van der Waals surface area (Å²) >= 11 is 6.08. The number of rotatable bonds is 7. The van der Waals surface area contributed by atoms with Crippen LogP contribution in [0.3, 0.4) is 0 Å². The lowest BCUT2D eigenvalue weighted by atomic mass is 9.51. The molecule has 3 aromatic carbocycles. The van der Waals surface area contributed by atoms with Crippen molar-refractivity contribution in [2.45, 2.75) is 45.6 Å². The molecule has 2 aliphatic heterocycles. The predicted molar refractivity (Wildman–Crippen MR) is 172 cm³/mol. The van der Waals surface area contributed by atoms with Crippen molar-refractivity contribution in [2.24, 2.45) is 29.1 Å². The molecule has 7 rings (SSSR count). The van der Waals surface area contributed by atoms with Gasteiger partial charge < -0.3 is 9.84 Å². The molecule has 0 spiro atoms. The number of benzene rings is 3. The molecule has 3 aromatic rings. The highest BCUT2D eigenvalue weighted by Crippen LogP contribution is 2.64. The number of phenols is 1. The summed E-state index contributed by atoms with van der Waals surface area (Å²) in [5, 5.41) is 11.3. The quantitative estimate of drug-likeness (QED) is 0.233. The number of fused-ring (bicyclic) bond motifs is 4. The van der Waals surface area contributed by atoms with E-state index in [-0.39, 0.29) is 41.3 Å². The average Bonchev–Trinajstić information content (AvgIpc) is 3.42. The van der Waals surface area contributed by atoms with Crippen LogP contribution in [0.5, 0.6) is 11.5 Å². The first-order chi connectivity index (χ1) is 22.6. The molecular formula is C37H34ClFN2O6. The maximum Gasteiger partial charge on any atom is 0.241 e. The van der Waals surface area contributed by atoms with Gasteiger partial charge in [-0.15, -0.1) is 0 Å². The van der Waals surface area contributed by atoms with Crippen LogP contribution in [0, 0.1) is 34.9 Å². The zero-order valence-corrected chi connectivity index (χ0v) is 26.7. The smallest absolute Gasteiger partial charge is 0.241 e. The number of imide groups is 2. The first-order valence-corrected chi connectivity index (χ1v) is 16.3. The first kappa shape index (κ1) is 31.1. The highest BCUT2D eigenvalue weighted by molar-refractivity contribution is 6.31. The molecule has 3 fully saturated rings. The molecule has 0 bridgehead atoms. The summed E-state index contributed by atoms with van der Waals surface area (Å²) in [5.41, 5.74) is 0.906. The standard InChI is InChI=1S/C37H34ClFN2O6/c1-3-15-40-33(43)25-13-12-23-26(31(25)35(40)45)18-27-34(44)41(21-9-14-29(39)28(38)16-21)36(46)37(27,2)32(23)24-11-10-22(17-30(24)42)47-19-20-7-5-4-6-8-20/h4-12,14,16-17,25-27,31-32,42H,3,13,15,18-19H2,1-2H3. The lowest BCUT2D eigenvalue weighted by Crippen LogP contribution is -2.48. The fraction of sp³-hybridized carbons (Fsp3) is 0.351. The molecule has 1 saturated carbocycles. The minimum absolute atomic E-state index is 0.117. The highest BCUT2D eigenvalue weighted by atomic mass is 35.5. The Kier molecular flexibility index (Phi) is 7.70. The Bertz CT molecular complexity index is 1850. The van der Waals surface area contributed by atoms with Gasteiger partial charge in [0.1, 0.15) is 23.9 Å². The third-order valence-corrected chi connectivity index (χ3v) is 10.8. The van der Waals surface area contributed by atoms with Gasteiger partial charge in [0.25, 0.3) is 0 Å². The number of carbonyl (C=O) groups excluding carboxylic acids is 4. The number of halogens is 2. The maximum atomic E-state index is 14.6. The van der Waals surface area contributed by atoms with E-state index in [2.05, 4.69) is 0 Å². The number of nitrogens with zero attached hydrogens (tertiary/aromatic N) is 2. The van der Waals surface area contributed by atoms with E-state index in [0.29, 0.717) is 30.7 Å². The van der Waals surface area contributed by atoms with Crippen LogP contribution in [0.25, 0.3) is 0 Å². The lowest BCUT2D eigenvalue weighted by Gasteiger charge is -2.49. The Hall–Kier alpha value is -4.50. The van der Waals surface area contributed by atoms with Crippen LogP contribution >= 0.6 is 11.6 Å². The normalized spacial score (nSPS) is 28.3. The van der Waals surface area contributed by atoms with Crippen LogP contribution < -0.4 is 9.64 Å². The summed E-state index contributed by atoms with van der Waals surface area (Å²) in [5.74, 6) is -5.24. The van der Waals surface area contributed by atoms with Crippen LogP contribution in [0.15, 0.2) is 78.4 Å². The number of aromatic hydroxyl groups is 1. The zero-order valence-electron chi connectivity index (χ0n) is 26.0. The van der Waals surface area contributed by atoms with Crippen molar-refractivity contribution in [2.75, 3.05) is 11.4 Å². The second kappa shape index (κ2) is 11.6. The third-order valence-electron chi connectivity index (χ3n) is 10.5. The van der Waals surface area contributed by atoms with E-state index >= 15 is 0 Å². The van der Waals surface area contributed by atoms with E-state index in [4.69, 9.17) is 16.3 Å². The van der Waals surface area contributed by atoms with Crippen molar-refractivity contribution in [1.82, 2.24) is 4.90 Å². The molecule has 2 heterocycles. The number of ether oxygens (including phenoxy) is 1. The molecule has 1 N–H and O–H groups in total. The SMILES string of the molecule is CCCN1C(=O)C2CC=C3C(CC4C(=O)N(c5ccc(F)c(Cl)c5)C(=O)C4(C)C3c3ccc(OCc4ccccc4)cc3O)C2C1=O. The second-order valence-electron chi connectivity index (χ2n) is 13.1. The summed E-state index contributed by atoms with van der Waals surface area (Å²) in [7, 11) is 0. The van der Waals surface area contributed by atoms with E-state index in [1.54, 1.807) is 19.1 Å². The number of amides is 4. The van der Waals surface area contributed by atoms with Gasteiger partial charge in [0, 0.05) is 24.1 Å². The summed E-state index contributed by atoms with van der Waals surface area (Å²) < 4.78 is 20.1. The number of hydrogen-bond acceptors (Lipinski definition) is 6. The molecule has 6 atom stereocenters. The number of phenolic OH excluding ortho intramolecular Hbond substituents is 1. The fourth-order valence-corrected chi connectivity index (χ4v) is 8.51. The number of hydrogen-bond donors (Lipinski definition) is 1. The first-order valence-electron chi connectivity index (χ1n) is 15.9. The van der Waals surface area contributed by atoms with E-state index in [9.17, 15) is 28.7 Å². The molecule has 4 aliphatic rings. The van der Waals surface area contributed by atoms with Gasteiger partial charge in [0.2, 0.25) is 23.6 Å². The van der Waals surface area contributed by atoms with Gasteiger partial charge in [0.05, 0.1) is 33.9 Å². The van der Waals surface area contributed by atoms with Gasteiger partial charge in [-0.1, -0.05) is 66.6 Å². The van der Waals surface area contributed by atoms with Crippen LogP contribution in [-0.2, 0) is 25.8 Å². The van der Waals surface area contributed by atoms with Crippen LogP contribution in [0.4, 0.5) is 10.1 Å². The lowest BCUT2D eigenvalue weighted by molar-refractivity contribution is -0.140. The van der Waals surface area contributed by atoms with Gasteiger partial charge in [-0.05, 0) is 61.9 Å². The molecule has 6 unspecified atom stereocenters. The highest BCUT2D eigenvalue weighted by Gasteiger charge is 2.67. The largest absolute Gasteiger partial charge is 0.508 e. The molecule has 10 heteroatoms. The fourth-order valence-electron chi connectivity index (χ4n) is 8.34. The summed E-state index contributed by atoms with van der Waals surface area (Å²) in [6.07, 6.45) is 3.05. The molecule has 0 aromatic heterocycles. The van der Waals surface area contributed by atoms with Crippen molar-refractivity contribution in [1.29, 1.82) is 0 Å². The average molecular weight is 657 g/mol. The second-order valence-corrected chi connectivity index (χ2v) is 13.5. The van der Waals surface area contributed by atoms with Gasteiger partial charge in [0.15, 0.2) is 0 Å². The summed E-state index contributed by atoms with van der Waals surface area (Å²) in [6, 6.07) is 18.2. The van der Waals surface area contributed by atoms with E-state index in [1.807, 2.05) is 43.3 Å². The van der Waals surface area contributed by atoms with Crippen LogP contribution in [0.1, 0.15) is 50.2 Å². The van der Waals surface area contributed by atoms with Gasteiger partial charge >= 0.3 is 0 Å². The summed E-state index contributed by atoms with van der Waals surface area (Å²) in [6.45, 7) is 4.23. The van der Waals surface area contributed by atoms with E-state index in [0.717, 1.165) is 22.1 Å². The molecular weight excluding hydrogens is 623 g/mol. The summed E-state index contributed by atoms with van der Waals surface area (Å²) in [4.78, 5) is 58.4. The topological polar surface area (TPSA) is 104 Å². The predicted octanol–water partition coefficient (Wildman–Crippen LogP) is 6.40. The third kappa shape index (κ3) is 4.77. The molecule has 242 valence electrons. The monoisotopic (exact) mass is 656 g/mol. The molecule has 8 nitrogen and oxygen atoms in total. The minimum Gasteiger partial charge on any atom is -0.508 e. The zero-order chi connectivity index (χ0) is 33.2. The van der Waals surface area contributed by atoms with Crippen molar-refractivity contribution in [3.05, 3.63) is 100 Å². The van der Waals surface area contributed by atoms with Gasteiger partial charge in [-0.3, -0.25) is 24.1 Å². The van der Waals surface area contributed by atoms with E-state index < -0.39 is 52.6 Å². The van der Waals surface area contributed by atoms with Gasteiger partial charge in [-0.2, -0.15) is 0 Å². The Balaban J connectivity index is 1.32. The number of likely N-dealkylation sites (tertiary alicyclic amines) is 1. The number of anilines is 1. The molecule has 0 radical (unpaired) electrons. The van der Waals surface area contributed by atoms with E-state index in [1.165, 1.54) is 23.1 Å². The number of allylic oxidation sites excluding steroid dienone is 2. The van der Waals surface area contributed by atoms with Crippen molar-refractivity contribution in [3.63, 3.8) is 0 Å². The van der Waals surface area contributed by atoms with Crippen LogP contribution in [-0.4, -0.2) is 40.2 Å².